The average Bonchev–Trinajstić information content (AvgIpc) is 3.37. The van der Waals surface area contributed by atoms with Gasteiger partial charge in [0.25, 0.3) is 10.0 Å². The van der Waals surface area contributed by atoms with E-state index < -0.39 is 32.5 Å². The highest BCUT2D eigenvalue weighted by Gasteiger charge is 2.46. The van der Waals surface area contributed by atoms with Crippen LogP contribution in [0.2, 0.25) is 0 Å². The molecule has 0 bridgehead atoms. The van der Waals surface area contributed by atoms with E-state index in [0.717, 1.165) is 48.5 Å². The third-order valence-electron chi connectivity index (χ3n) is 6.29. The van der Waals surface area contributed by atoms with E-state index in [-0.39, 0.29) is 21.8 Å². The van der Waals surface area contributed by atoms with Crippen molar-refractivity contribution < 1.29 is 22.0 Å². The van der Waals surface area contributed by atoms with Crippen molar-refractivity contribution in [3.8, 4) is 5.75 Å². The summed E-state index contributed by atoms with van der Waals surface area (Å²) in [6, 6.07) is 9.08. The summed E-state index contributed by atoms with van der Waals surface area (Å²) in [4.78, 5) is 16.1. The van der Waals surface area contributed by atoms with E-state index in [0.29, 0.717) is 12.2 Å². The lowest BCUT2D eigenvalue weighted by molar-refractivity contribution is -0.0365. The molecule has 0 radical (unpaired) electrons. The first kappa shape index (κ1) is 20.4. The summed E-state index contributed by atoms with van der Waals surface area (Å²) in [5, 5.41) is -0.00173. The van der Waals surface area contributed by atoms with E-state index in [1.54, 1.807) is 0 Å². The first-order chi connectivity index (χ1) is 15.9. The molecule has 0 unspecified atom stereocenters. The van der Waals surface area contributed by atoms with Crippen LogP contribution in [0, 0.1) is 5.82 Å². The Labute approximate surface area is 191 Å². The second-order valence-corrected chi connectivity index (χ2v) is 10.7. The summed E-state index contributed by atoms with van der Waals surface area (Å²) in [5.41, 5.74) is 0.597. The summed E-state index contributed by atoms with van der Waals surface area (Å²) in [7, 11) is -4.30. The van der Waals surface area contributed by atoms with Crippen molar-refractivity contribution in [3.05, 3.63) is 64.7 Å². The van der Waals surface area contributed by atoms with Gasteiger partial charge in [-0.3, -0.25) is 9.29 Å². The molecular formula is C21H17FN4O5S2. The SMILES string of the molecule is O=c1oc2cc(S(=O)(=O)Nc3ncns3)c(F)cc2n1[C@H]1CC2(CCC2)Oc2ccccc21. The summed E-state index contributed by atoms with van der Waals surface area (Å²) < 4.78 is 59.4. The fourth-order valence-corrected chi connectivity index (χ4v) is 6.36. The van der Waals surface area contributed by atoms with E-state index in [9.17, 15) is 13.2 Å². The number of nitrogens with one attached hydrogen (secondary N) is 1. The molecule has 6 rings (SSSR count). The number of anilines is 1. The first-order valence-corrected chi connectivity index (χ1v) is 12.5. The zero-order valence-electron chi connectivity index (χ0n) is 17.0. The number of benzene rings is 2. The normalized spacial score (nSPS) is 19.1. The smallest absolute Gasteiger partial charge is 0.420 e. The van der Waals surface area contributed by atoms with Gasteiger partial charge in [-0.1, -0.05) is 18.2 Å². The van der Waals surface area contributed by atoms with E-state index >= 15 is 4.39 Å². The summed E-state index contributed by atoms with van der Waals surface area (Å²) in [5.74, 6) is -1.00. The Bertz CT molecular complexity index is 1540. The van der Waals surface area contributed by atoms with Crippen molar-refractivity contribution in [1.82, 2.24) is 13.9 Å². The number of nitrogens with zero attached hydrogens (tertiary/aromatic N) is 3. The molecule has 170 valence electrons. The summed E-state index contributed by atoms with van der Waals surface area (Å²) >= 11 is 0.817. The van der Waals surface area contributed by atoms with Crippen LogP contribution in [0.1, 0.15) is 37.3 Å². The maximum atomic E-state index is 15.1. The quantitative estimate of drug-likeness (QED) is 0.466. The van der Waals surface area contributed by atoms with Crippen molar-refractivity contribution in [1.29, 1.82) is 0 Å². The molecule has 33 heavy (non-hydrogen) atoms. The second-order valence-electron chi connectivity index (χ2n) is 8.24. The van der Waals surface area contributed by atoms with Gasteiger partial charge in [0, 0.05) is 35.6 Å². The molecule has 0 amide bonds. The predicted octanol–water partition coefficient (Wildman–Crippen LogP) is 3.68. The minimum absolute atomic E-state index is 0.00173. The standard InChI is InChI=1S/C21H17FN4O5S2/c22-13-8-14-17(9-18(13)33(28,29)25-19-23-11-24-32-19)30-20(27)26(14)15-10-21(6-3-7-21)31-16-5-2-1-4-12(15)16/h1-2,4-5,8-9,11,15H,3,6-7,10H2,(H,23,24,25)/t15-/m0/s1. The van der Waals surface area contributed by atoms with Gasteiger partial charge >= 0.3 is 5.76 Å². The number of aromatic nitrogens is 3. The summed E-state index contributed by atoms with van der Waals surface area (Å²) in [6.45, 7) is 0. The molecule has 4 aromatic rings. The van der Waals surface area contributed by atoms with Crippen LogP contribution in [0.4, 0.5) is 9.52 Å². The Morgan fingerprint density at radius 1 is 1.24 bits per heavy atom. The highest BCUT2D eigenvalue weighted by Crippen LogP contribution is 2.50. The van der Waals surface area contributed by atoms with Gasteiger partial charge in [0.2, 0.25) is 5.13 Å². The molecular weight excluding hydrogens is 471 g/mol. The van der Waals surface area contributed by atoms with Gasteiger partial charge in [-0.2, -0.15) is 4.37 Å². The lowest BCUT2D eigenvalue weighted by Gasteiger charge is -2.47. The van der Waals surface area contributed by atoms with E-state index in [2.05, 4.69) is 14.1 Å². The zero-order chi connectivity index (χ0) is 22.8. The highest BCUT2D eigenvalue weighted by molar-refractivity contribution is 7.93. The van der Waals surface area contributed by atoms with Gasteiger partial charge in [0.1, 0.15) is 28.4 Å². The number of hydrogen-bond acceptors (Lipinski definition) is 8. The molecule has 1 fully saturated rings. The number of para-hydroxylation sites is 1. The number of halogens is 1. The molecule has 1 saturated carbocycles. The fraction of sp³-hybridized carbons (Fsp3) is 0.286. The lowest BCUT2D eigenvalue weighted by atomic mass is 9.73. The van der Waals surface area contributed by atoms with Crippen LogP contribution in [-0.2, 0) is 10.0 Å². The number of sulfonamides is 1. The average molecular weight is 489 g/mol. The van der Waals surface area contributed by atoms with Gasteiger partial charge in [-0.25, -0.2) is 22.6 Å². The molecule has 2 aliphatic rings. The molecule has 1 aliphatic carbocycles. The zero-order valence-corrected chi connectivity index (χ0v) is 18.7. The number of ether oxygens (including phenoxy) is 1. The van der Waals surface area contributed by atoms with Crippen LogP contribution in [0.15, 0.2) is 56.8 Å². The molecule has 1 N–H and O–H groups in total. The Hall–Kier alpha value is -3.25. The van der Waals surface area contributed by atoms with Crippen molar-refractivity contribution in [2.75, 3.05) is 4.72 Å². The van der Waals surface area contributed by atoms with Crippen molar-refractivity contribution >= 4 is 37.8 Å². The topological polar surface area (TPSA) is 116 Å². The van der Waals surface area contributed by atoms with Crippen LogP contribution in [0.3, 0.4) is 0 Å². The fourth-order valence-electron chi connectivity index (χ4n) is 4.62. The van der Waals surface area contributed by atoms with Crippen LogP contribution in [0.5, 0.6) is 5.75 Å². The Kier molecular flexibility index (Phi) is 4.40. The minimum Gasteiger partial charge on any atom is -0.487 e. The minimum atomic E-state index is -4.30. The maximum absolute atomic E-state index is 15.1. The molecule has 2 aromatic heterocycles. The second kappa shape index (κ2) is 7.12. The molecule has 3 heterocycles. The van der Waals surface area contributed by atoms with E-state index in [1.165, 1.54) is 10.9 Å². The monoisotopic (exact) mass is 488 g/mol. The third-order valence-corrected chi connectivity index (χ3v) is 8.35. The summed E-state index contributed by atoms with van der Waals surface area (Å²) in [6.07, 6.45) is 4.50. The largest absolute Gasteiger partial charge is 0.487 e. The molecule has 1 atom stereocenters. The Morgan fingerprint density at radius 3 is 2.79 bits per heavy atom. The van der Waals surface area contributed by atoms with E-state index in [1.807, 2.05) is 24.3 Å². The van der Waals surface area contributed by atoms with Gasteiger partial charge in [0.15, 0.2) is 5.58 Å². The lowest BCUT2D eigenvalue weighted by Crippen LogP contribution is -2.48. The van der Waals surface area contributed by atoms with Crippen molar-refractivity contribution in [3.63, 3.8) is 0 Å². The maximum Gasteiger partial charge on any atom is 0.420 e. The van der Waals surface area contributed by atoms with Crippen molar-refractivity contribution in [2.24, 2.45) is 0 Å². The van der Waals surface area contributed by atoms with Crippen molar-refractivity contribution in [2.45, 2.75) is 42.2 Å². The van der Waals surface area contributed by atoms with Crippen LogP contribution >= 0.6 is 11.5 Å². The Morgan fingerprint density at radius 2 is 2.06 bits per heavy atom. The third kappa shape index (κ3) is 3.23. The van der Waals surface area contributed by atoms with E-state index in [4.69, 9.17) is 9.15 Å². The molecule has 2 aromatic carbocycles. The number of hydrogen-bond donors (Lipinski definition) is 1. The molecule has 1 aliphatic heterocycles. The van der Waals surface area contributed by atoms with Gasteiger partial charge in [-0.05, 0) is 25.3 Å². The van der Waals surface area contributed by atoms with Gasteiger partial charge < -0.3 is 9.15 Å². The molecule has 12 heteroatoms. The number of rotatable bonds is 4. The first-order valence-electron chi connectivity index (χ1n) is 10.3. The van der Waals surface area contributed by atoms with Crippen LogP contribution < -0.4 is 15.2 Å². The highest BCUT2D eigenvalue weighted by atomic mass is 32.2. The Balaban J connectivity index is 1.48. The van der Waals surface area contributed by atoms with Gasteiger partial charge in [0.05, 0.1) is 11.6 Å². The molecule has 9 nitrogen and oxygen atoms in total. The molecule has 0 saturated heterocycles. The van der Waals surface area contributed by atoms with Crippen LogP contribution in [-0.4, -0.2) is 27.9 Å². The van der Waals surface area contributed by atoms with Gasteiger partial charge in [-0.15, -0.1) is 0 Å². The van der Waals surface area contributed by atoms with Crippen LogP contribution in [0.25, 0.3) is 11.1 Å². The number of oxazole rings is 1. The number of fused-ring (bicyclic) bond motifs is 2. The predicted molar refractivity (Wildman–Crippen MR) is 118 cm³/mol. The molecule has 1 spiro atoms.